The van der Waals surface area contributed by atoms with Gasteiger partial charge in [0.15, 0.2) is 0 Å². The molecular formula is C15H17N3O3. The molecule has 110 valence electrons. The van der Waals surface area contributed by atoms with Gasteiger partial charge in [-0.3, -0.25) is 0 Å². The molecule has 6 nitrogen and oxygen atoms in total. The summed E-state index contributed by atoms with van der Waals surface area (Å²) in [5.74, 6) is 0.0675. The summed E-state index contributed by atoms with van der Waals surface area (Å²) in [6.07, 6.45) is 2.54. The minimum Gasteiger partial charge on any atom is -0.478 e. The van der Waals surface area contributed by atoms with Crippen LogP contribution in [0, 0.1) is 0 Å². The Balaban J connectivity index is 2.18. The van der Waals surface area contributed by atoms with Crippen LogP contribution in [-0.2, 0) is 0 Å². The van der Waals surface area contributed by atoms with Crippen LogP contribution in [-0.4, -0.2) is 34.7 Å². The number of hydrogen-bond donors (Lipinski definition) is 1. The van der Waals surface area contributed by atoms with Crippen LogP contribution < -0.4 is 9.64 Å². The van der Waals surface area contributed by atoms with Crippen LogP contribution >= 0.6 is 0 Å². The lowest BCUT2D eigenvalue weighted by Gasteiger charge is -2.17. The summed E-state index contributed by atoms with van der Waals surface area (Å²) in [5.41, 5.74) is 1.04. The number of hydrogen-bond acceptors (Lipinski definition) is 5. The number of aromatic nitrogens is 2. The van der Waals surface area contributed by atoms with Crippen LogP contribution in [0.4, 0.5) is 11.6 Å². The second-order valence-corrected chi connectivity index (χ2v) is 4.45. The van der Waals surface area contributed by atoms with Gasteiger partial charge in [0.05, 0.1) is 12.2 Å². The molecule has 1 N–H and O–H groups in total. The van der Waals surface area contributed by atoms with Gasteiger partial charge in [0.1, 0.15) is 0 Å². The van der Waals surface area contributed by atoms with Gasteiger partial charge < -0.3 is 14.7 Å². The molecule has 0 amide bonds. The summed E-state index contributed by atoms with van der Waals surface area (Å²) >= 11 is 0. The number of ether oxygens (including phenoxy) is 1. The Labute approximate surface area is 123 Å². The van der Waals surface area contributed by atoms with Crippen molar-refractivity contribution in [3.05, 3.63) is 42.1 Å². The molecule has 0 fully saturated rings. The van der Waals surface area contributed by atoms with Crippen LogP contribution in [0.1, 0.15) is 23.7 Å². The van der Waals surface area contributed by atoms with Crippen LogP contribution in [0.15, 0.2) is 36.5 Å². The van der Waals surface area contributed by atoms with Crippen molar-refractivity contribution in [2.24, 2.45) is 0 Å². The highest BCUT2D eigenvalue weighted by Crippen LogP contribution is 2.21. The Hall–Kier alpha value is -2.63. The summed E-state index contributed by atoms with van der Waals surface area (Å²) in [6.45, 7) is 2.63. The molecule has 0 aliphatic carbocycles. The van der Waals surface area contributed by atoms with Crippen molar-refractivity contribution in [1.29, 1.82) is 0 Å². The Bertz CT molecular complexity index is 614. The van der Waals surface area contributed by atoms with E-state index in [9.17, 15) is 4.79 Å². The summed E-state index contributed by atoms with van der Waals surface area (Å²) in [5, 5.41) is 8.90. The first-order valence-corrected chi connectivity index (χ1v) is 6.64. The van der Waals surface area contributed by atoms with E-state index in [0.717, 1.165) is 12.1 Å². The molecule has 2 aromatic rings. The first kappa shape index (κ1) is 14.8. The van der Waals surface area contributed by atoms with Crippen LogP contribution in [0.3, 0.4) is 0 Å². The van der Waals surface area contributed by atoms with Gasteiger partial charge in [0, 0.05) is 25.0 Å². The second kappa shape index (κ2) is 6.69. The first-order valence-electron chi connectivity index (χ1n) is 6.64. The molecule has 0 saturated carbocycles. The van der Waals surface area contributed by atoms with E-state index in [2.05, 4.69) is 9.97 Å². The highest BCUT2D eigenvalue weighted by Gasteiger charge is 2.09. The number of carbonyl (C=O) groups is 1. The number of carboxylic acid groups (broad SMARTS) is 1. The minimum absolute atomic E-state index is 0.244. The standard InChI is InChI=1S/C15H17N3O3/c1-3-10-21-13-8-9-16-15(17-13)18(2)12-6-4-11(5-7-12)14(19)20/h4-9H,3,10H2,1-2H3,(H,19,20). The Kier molecular flexibility index (Phi) is 4.71. The van der Waals surface area contributed by atoms with E-state index in [-0.39, 0.29) is 5.56 Å². The van der Waals surface area contributed by atoms with Gasteiger partial charge in [0.25, 0.3) is 0 Å². The van der Waals surface area contributed by atoms with Gasteiger partial charge >= 0.3 is 5.97 Å². The number of anilines is 2. The summed E-state index contributed by atoms with van der Waals surface area (Å²) < 4.78 is 5.48. The quantitative estimate of drug-likeness (QED) is 0.880. The maximum atomic E-state index is 10.8. The van der Waals surface area contributed by atoms with Crippen molar-refractivity contribution in [3.63, 3.8) is 0 Å². The van der Waals surface area contributed by atoms with E-state index in [4.69, 9.17) is 9.84 Å². The SMILES string of the molecule is CCCOc1ccnc(N(C)c2ccc(C(=O)O)cc2)n1. The molecule has 21 heavy (non-hydrogen) atoms. The molecule has 0 bridgehead atoms. The van der Waals surface area contributed by atoms with E-state index in [1.807, 2.05) is 14.0 Å². The number of carboxylic acids is 1. The molecule has 0 aliphatic rings. The number of benzene rings is 1. The maximum absolute atomic E-state index is 10.8. The van der Waals surface area contributed by atoms with Crippen LogP contribution in [0.2, 0.25) is 0 Å². The van der Waals surface area contributed by atoms with Crippen molar-refractivity contribution >= 4 is 17.6 Å². The molecule has 2 rings (SSSR count). The van der Waals surface area contributed by atoms with E-state index in [1.54, 1.807) is 41.4 Å². The monoisotopic (exact) mass is 287 g/mol. The molecule has 0 aliphatic heterocycles. The smallest absolute Gasteiger partial charge is 0.335 e. The fourth-order valence-electron chi connectivity index (χ4n) is 1.72. The largest absolute Gasteiger partial charge is 0.478 e. The lowest BCUT2D eigenvalue weighted by molar-refractivity contribution is 0.0697. The third kappa shape index (κ3) is 3.68. The zero-order valence-electron chi connectivity index (χ0n) is 12.0. The van der Waals surface area contributed by atoms with Crippen molar-refractivity contribution < 1.29 is 14.6 Å². The highest BCUT2D eigenvalue weighted by atomic mass is 16.5. The minimum atomic E-state index is -0.949. The normalized spacial score (nSPS) is 10.2. The molecule has 1 aromatic carbocycles. The van der Waals surface area contributed by atoms with Crippen LogP contribution in [0.25, 0.3) is 0 Å². The second-order valence-electron chi connectivity index (χ2n) is 4.45. The van der Waals surface area contributed by atoms with Crippen LogP contribution in [0.5, 0.6) is 5.88 Å². The summed E-state index contributed by atoms with van der Waals surface area (Å²) in [6, 6.07) is 8.23. The molecule has 0 atom stereocenters. The van der Waals surface area contributed by atoms with Gasteiger partial charge in [-0.05, 0) is 30.7 Å². The van der Waals surface area contributed by atoms with Gasteiger partial charge in [0.2, 0.25) is 11.8 Å². The predicted octanol–water partition coefficient (Wildman–Crippen LogP) is 2.73. The Morgan fingerprint density at radius 1 is 1.29 bits per heavy atom. The molecule has 0 radical (unpaired) electrons. The van der Waals surface area contributed by atoms with Gasteiger partial charge in [-0.25, -0.2) is 9.78 Å². The fourth-order valence-corrected chi connectivity index (χ4v) is 1.72. The highest BCUT2D eigenvalue weighted by molar-refractivity contribution is 5.88. The molecule has 1 heterocycles. The third-order valence-electron chi connectivity index (χ3n) is 2.87. The average molecular weight is 287 g/mol. The molecular weight excluding hydrogens is 270 g/mol. The topological polar surface area (TPSA) is 75.5 Å². The van der Waals surface area contributed by atoms with Crippen molar-refractivity contribution in [2.75, 3.05) is 18.6 Å². The van der Waals surface area contributed by atoms with Crippen molar-refractivity contribution in [2.45, 2.75) is 13.3 Å². The van der Waals surface area contributed by atoms with E-state index < -0.39 is 5.97 Å². The van der Waals surface area contributed by atoms with E-state index in [1.165, 1.54) is 0 Å². The Morgan fingerprint density at radius 2 is 2.00 bits per heavy atom. The molecule has 0 saturated heterocycles. The lowest BCUT2D eigenvalue weighted by atomic mass is 10.2. The number of rotatable bonds is 6. The zero-order valence-corrected chi connectivity index (χ0v) is 12.0. The van der Waals surface area contributed by atoms with E-state index in [0.29, 0.717) is 18.4 Å². The molecule has 1 aromatic heterocycles. The number of aromatic carboxylic acids is 1. The fraction of sp³-hybridized carbons (Fsp3) is 0.267. The van der Waals surface area contributed by atoms with E-state index >= 15 is 0 Å². The zero-order chi connectivity index (χ0) is 15.2. The van der Waals surface area contributed by atoms with Crippen molar-refractivity contribution in [3.8, 4) is 5.88 Å². The van der Waals surface area contributed by atoms with Gasteiger partial charge in [-0.15, -0.1) is 0 Å². The predicted molar refractivity (Wildman–Crippen MR) is 79.3 cm³/mol. The summed E-state index contributed by atoms with van der Waals surface area (Å²) in [7, 11) is 1.81. The molecule has 0 unspecified atom stereocenters. The van der Waals surface area contributed by atoms with Gasteiger partial charge in [-0.1, -0.05) is 6.92 Å². The van der Waals surface area contributed by atoms with Gasteiger partial charge in [-0.2, -0.15) is 4.98 Å². The molecule has 0 spiro atoms. The number of nitrogens with zero attached hydrogens (tertiary/aromatic N) is 3. The first-order chi connectivity index (χ1) is 10.1. The summed E-state index contributed by atoms with van der Waals surface area (Å²) in [4.78, 5) is 21.1. The third-order valence-corrected chi connectivity index (χ3v) is 2.87. The Morgan fingerprint density at radius 3 is 2.62 bits per heavy atom. The average Bonchev–Trinajstić information content (AvgIpc) is 2.52. The maximum Gasteiger partial charge on any atom is 0.335 e. The lowest BCUT2D eigenvalue weighted by Crippen LogP contribution is -2.13. The molecule has 6 heteroatoms. The van der Waals surface area contributed by atoms with Crippen molar-refractivity contribution in [1.82, 2.24) is 9.97 Å².